The molecule has 7 nitrogen and oxygen atoms in total. The van der Waals surface area contributed by atoms with Crippen LogP contribution in [0.1, 0.15) is 54.2 Å². The highest BCUT2D eigenvalue weighted by molar-refractivity contribution is 6.35. The molecule has 2 amide bonds. The number of hydrogen-bond acceptors (Lipinski definition) is 4. The molecular formula is C25H27Cl2N5O2. The number of carbonyl (C=O) groups is 2. The summed E-state index contributed by atoms with van der Waals surface area (Å²) in [5.74, 6) is -0.473. The summed E-state index contributed by atoms with van der Waals surface area (Å²) in [4.78, 5) is 25.0. The third-order valence-corrected chi connectivity index (χ3v) is 6.69. The van der Waals surface area contributed by atoms with Crippen LogP contribution in [0.4, 0.5) is 0 Å². The van der Waals surface area contributed by atoms with Crippen LogP contribution in [-0.2, 0) is 4.79 Å². The largest absolute Gasteiger partial charge is 0.368 e. The molecule has 1 aliphatic heterocycles. The Labute approximate surface area is 208 Å². The molecule has 34 heavy (non-hydrogen) atoms. The molecular weight excluding hydrogens is 473 g/mol. The third-order valence-electron chi connectivity index (χ3n) is 6.15. The van der Waals surface area contributed by atoms with Crippen molar-refractivity contribution in [2.45, 2.75) is 45.6 Å². The number of rotatable bonds is 6. The molecule has 1 aromatic heterocycles. The van der Waals surface area contributed by atoms with Crippen LogP contribution < -0.4 is 11.2 Å². The minimum absolute atomic E-state index is 0.240. The van der Waals surface area contributed by atoms with E-state index in [1.54, 1.807) is 27.9 Å². The number of primary amides is 1. The first-order valence-electron chi connectivity index (χ1n) is 11.2. The summed E-state index contributed by atoms with van der Waals surface area (Å²) in [6.45, 7) is 6.67. The number of hydrazine groups is 1. The molecule has 2 heterocycles. The van der Waals surface area contributed by atoms with Crippen molar-refractivity contribution in [3.8, 4) is 16.9 Å². The van der Waals surface area contributed by atoms with E-state index in [9.17, 15) is 9.59 Å². The van der Waals surface area contributed by atoms with Crippen molar-refractivity contribution in [3.63, 3.8) is 0 Å². The minimum Gasteiger partial charge on any atom is -0.368 e. The molecule has 0 spiro atoms. The topological polar surface area (TPSA) is 93.2 Å². The fourth-order valence-corrected chi connectivity index (χ4v) is 4.77. The molecule has 1 fully saturated rings. The van der Waals surface area contributed by atoms with Gasteiger partial charge in [0.2, 0.25) is 5.91 Å². The van der Waals surface area contributed by atoms with E-state index >= 15 is 0 Å². The molecule has 0 aliphatic carbocycles. The van der Waals surface area contributed by atoms with Gasteiger partial charge in [-0.25, -0.2) is 9.69 Å². The predicted octanol–water partition coefficient (Wildman–Crippen LogP) is 4.87. The van der Waals surface area contributed by atoms with Gasteiger partial charge in [-0.1, -0.05) is 61.3 Å². The van der Waals surface area contributed by atoms with Gasteiger partial charge in [0.05, 0.1) is 16.4 Å². The zero-order valence-electron chi connectivity index (χ0n) is 19.3. The van der Waals surface area contributed by atoms with Crippen molar-refractivity contribution < 1.29 is 9.59 Å². The normalized spacial score (nSPS) is 16.2. The average Bonchev–Trinajstić information content (AvgIpc) is 3.38. The maximum atomic E-state index is 13.3. The van der Waals surface area contributed by atoms with Gasteiger partial charge in [0.25, 0.3) is 5.91 Å². The number of carbonyl (C=O) groups excluding carboxylic acids is 2. The number of aromatic nitrogens is 2. The quantitative estimate of drug-likeness (QED) is 0.505. The molecule has 0 saturated carbocycles. The highest BCUT2D eigenvalue weighted by atomic mass is 35.5. The molecule has 2 aromatic carbocycles. The van der Waals surface area contributed by atoms with Crippen LogP contribution in [0.5, 0.6) is 0 Å². The lowest BCUT2D eigenvalue weighted by Gasteiger charge is -2.22. The van der Waals surface area contributed by atoms with Gasteiger partial charge in [0.15, 0.2) is 5.69 Å². The molecule has 3 aromatic rings. The van der Waals surface area contributed by atoms with E-state index < -0.39 is 17.9 Å². The van der Waals surface area contributed by atoms with Crippen LogP contribution in [0, 0.1) is 6.92 Å². The first kappa shape index (κ1) is 24.3. The summed E-state index contributed by atoms with van der Waals surface area (Å²) >= 11 is 12.6. The standard InChI is InChI=1S/C25H27Cl2N5O2/c1-14(2)16-6-8-17(9-7-16)23-15(3)22(25(34)30-31-12-4-5-21(31)24(28)33)29-32(23)20-11-10-18(26)13-19(20)27/h6-11,13-14,21H,4-5,12H2,1-3H3,(H2,28,33)(H,30,34). The molecule has 0 bridgehead atoms. The zero-order valence-corrected chi connectivity index (χ0v) is 20.8. The Bertz CT molecular complexity index is 1240. The lowest BCUT2D eigenvalue weighted by atomic mass is 9.99. The fourth-order valence-electron chi connectivity index (χ4n) is 4.28. The summed E-state index contributed by atoms with van der Waals surface area (Å²) in [5.41, 5.74) is 12.7. The Morgan fingerprint density at radius 2 is 1.85 bits per heavy atom. The first-order chi connectivity index (χ1) is 16.2. The number of amides is 2. The summed E-state index contributed by atoms with van der Waals surface area (Å²) in [6, 6.07) is 12.8. The van der Waals surface area contributed by atoms with E-state index in [1.807, 2.05) is 19.1 Å². The number of nitrogens with zero attached hydrogens (tertiary/aromatic N) is 3. The molecule has 1 aliphatic rings. The SMILES string of the molecule is Cc1c(C(=O)NN2CCCC2C(N)=O)nn(-c2ccc(Cl)cc2Cl)c1-c1ccc(C(C)C)cc1. The Morgan fingerprint density at radius 1 is 1.15 bits per heavy atom. The molecule has 9 heteroatoms. The van der Waals surface area contributed by atoms with Crippen LogP contribution in [0.3, 0.4) is 0 Å². The van der Waals surface area contributed by atoms with E-state index in [2.05, 4.69) is 36.5 Å². The maximum Gasteiger partial charge on any atom is 0.286 e. The number of benzene rings is 2. The summed E-state index contributed by atoms with van der Waals surface area (Å²) in [6.07, 6.45) is 1.38. The number of halogens is 2. The monoisotopic (exact) mass is 499 g/mol. The molecule has 178 valence electrons. The summed E-state index contributed by atoms with van der Waals surface area (Å²) < 4.78 is 1.67. The second-order valence-corrected chi connectivity index (χ2v) is 9.64. The highest BCUT2D eigenvalue weighted by Crippen LogP contribution is 2.33. The van der Waals surface area contributed by atoms with Gasteiger partial charge >= 0.3 is 0 Å². The van der Waals surface area contributed by atoms with Gasteiger partial charge in [-0.05, 0) is 49.4 Å². The lowest BCUT2D eigenvalue weighted by molar-refractivity contribution is -0.122. The zero-order chi connectivity index (χ0) is 24.6. The number of nitrogens with one attached hydrogen (secondary N) is 1. The van der Waals surface area contributed by atoms with E-state index in [-0.39, 0.29) is 5.69 Å². The smallest absolute Gasteiger partial charge is 0.286 e. The Hall–Kier alpha value is -2.87. The number of hydrogen-bond donors (Lipinski definition) is 2. The van der Waals surface area contributed by atoms with Crippen molar-refractivity contribution in [1.29, 1.82) is 0 Å². The number of nitrogens with two attached hydrogens (primary N) is 1. The van der Waals surface area contributed by atoms with Crippen LogP contribution in [-0.4, -0.2) is 39.2 Å². The van der Waals surface area contributed by atoms with Crippen molar-refractivity contribution in [1.82, 2.24) is 20.2 Å². The molecule has 0 radical (unpaired) electrons. The van der Waals surface area contributed by atoms with Crippen molar-refractivity contribution in [3.05, 3.63) is 69.3 Å². The molecule has 1 unspecified atom stereocenters. The molecule has 1 atom stereocenters. The Balaban J connectivity index is 1.79. The van der Waals surface area contributed by atoms with Crippen LogP contribution in [0.25, 0.3) is 16.9 Å². The van der Waals surface area contributed by atoms with Gasteiger partial charge in [-0.15, -0.1) is 0 Å². The minimum atomic E-state index is -0.528. The molecule has 4 rings (SSSR count). The van der Waals surface area contributed by atoms with Crippen LogP contribution in [0.15, 0.2) is 42.5 Å². The van der Waals surface area contributed by atoms with Crippen molar-refractivity contribution in [2.24, 2.45) is 5.73 Å². The molecule has 3 N–H and O–H groups in total. The van der Waals surface area contributed by atoms with Gasteiger partial charge < -0.3 is 5.73 Å². The van der Waals surface area contributed by atoms with E-state index in [1.165, 1.54) is 5.56 Å². The Morgan fingerprint density at radius 3 is 2.47 bits per heavy atom. The van der Waals surface area contributed by atoms with Gasteiger partial charge in [-0.2, -0.15) is 5.10 Å². The fraction of sp³-hybridized carbons (Fsp3) is 0.320. The summed E-state index contributed by atoms with van der Waals surface area (Å²) in [7, 11) is 0. The van der Waals surface area contributed by atoms with Crippen molar-refractivity contribution >= 4 is 35.0 Å². The first-order valence-corrected chi connectivity index (χ1v) is 11.9. The average molecular weight is 500 g/mol. The maximum absolute atomic E-state index is 13.3. The molecule has 1 saturated heterocycles. The van der Waals surface area contributed by atoms with Crippen LogP contribution in [0.2, 0.25) is 10.0 Å². The van der Waals surface area contributed by atoms with E-state index in [0.717, 1.165) is 17.7 Å². The van der Waals surface area contributed by atoms with E-state index in [0.29, 0.717) is 40.2 Å². The second kappa shape index (κ2) is 9.78. The third kappa shape index (κ3) is 4.69. The van der Waals surface area contributed by atoms with Gasteiger partial charge in [0, 0.05) is 22.7 Å². The van der Waals surface area contributed by atoms with Gasteiger partial charge in [-0.3, -0.25) is 15.0 Å². The van der Waals surface area contributed by atoms with Gasteiger partial charge in [0.1, 0.15) is 6.04 Å². The van der Waals surface area contributed by atoms with Crippen molar-refractivity contribution in [2.75, 3.05) is 6.54 Å². The van der Waals surface area contributed by atoms with Crippen LogP contribution >= 0.6 is 23.2 Å². The highest BCUT2D eigenvalue weighted by Gasteiger charge is 2.32. The lowest BCUT2D eigenvalue weighted by Crippen LogP contribution is -2.50. The summed E-state index contributed by atoms with van der Waals surface area (Å²) in [5, 5.41) is 7.16. The second-order valence-electron chi connectivity index (χ2n) is 8.80. The van der Waals surface area contributed by atoms with E-state index in [4.69, 9.17) is 28.9 Å². The Kier molecular flexibility index (Phi) is 6.98. The predicted molar refractivity (Wildman–Crippen MR) is 134 cm³/mol.